The summed E-state index contributed by atoms with van der Waals surface area (Å²) in [6.07, 6.45) is 1.77. The van der Waals surface area contributed by atoms with Crippen LogP contribution in [0.2, 0.25) is 0 Å². The van der Waals surface area contributed by atoms with Crippen LogP contribution in [0.3, 0.4) is 0 Å². The molecule has 0 saturated heterocycles. The molecule has 1 heterocycles. The number of para-hydroxylation sites is 1. The number of rotatable bonds is 2. The summed E-state index contributed by atoms with van der Waals surface area (Å²) in [6, 6.07) is 7.64. The van der Waals surface area contributed by atoms with Crippen molar-refractivity contribution < 1.29 is 9.90 Å². The molecule has 0 aliphatic carbocycles. The fraction of sp³-hybridized carbons (Fsp3) is 0.200. The molecule has 1 N–H and O–H groups in total. The van der Waals surface area contributed by atoms with Gasteiger partial charge in [0.05, 0.1) is 0 Å². The van der Waals surface area contributed by atoms with E-state index in [2.05, 4.69) is 4.99 Å². The average molecular weight is 190 g/mol. The van der Waals surface area contributed by atoms with Crippen molar-refractivity contribution in [1.82, 2.24) is 0 Å². The van der Waals surface area contributed by atoms with Gasteiger partial charge in [0.25, 0.3) is 0 Å². The van der Waals surface area contributed by atoms with Crippen molar-refractivity contribution in [3.8, 4) is 0 Å². The molecular formula is C10H10N2O2. The lowest BCUT2D eigenvalue weighted by Gasteiger charge is -2.25. The molecule has 0 spiro atoms. The Kier molecular flexibility index (Phi) is 2.18. The van der Waals surface area contributed by atoms with Gasteiger partial charge in [-0.2, -0.15) is 0 Å². The molecule has 4 nitrogen and oxygen atoms in total. The minimum absolute atomic E-state index is 0.00560. The molecule has 4 heteroatoms. The summed E-state index contributed by atoms with van der Waals surface area (Å²) >= 11 is 0. The Morgan fingerprint density at radius 2 is 2.29 bits per heavy atom. The monoisotopic (exact) mass is 190 g/mol. The molecule has 2 rings (SSSR count). The lowest BCUT2D eigenvalue weighted by atomic mass is 10.1. The third-order valence-corrected chi connectivity index (χ3v) is 2.09. The highest BCUT2D eigenvalue weighted by atomic mass is 16.4. The van der Waals surface area contributed by atoms with Crippen LogP contribution in [0.5, 0.6) is 0 Å². The topological polar surface area (TPSA) is 52.9 Å². The summed E-state index contributed by atoms with van der Waals surface area (Å²) in [7, 11) is 0. The summed E-state index contributed by atoms with van der Waals surface area (Å²) in [5.74, 6) is -0.836. The van der Waals surface area contributed by atoms with Crippen molar-refractivity contribution in [2.75, 3.05) is 18.1 Å². The van der Waals surface area contributed by atoms with Gasteiger partial charge in [-0.15, -0.1) is 0 Å². The molecule has 0 atom stereocenters. The van der Waals surface area contributed by atoms with E-state index in [-0.39, 0.29) is 6.54 Å². The maximum absolute atomic E-state index is 10.6. The number of fused-ring (bicyclic) bond motifs is 1. The summed E-state index contributed by atoms with van der Waals surface area (Å²) < 4.78 is 0. The first-order chi connectivity index (χ1) is 6.77. The Balaban J connectivity index is 2.31. The molecule has 0 saturated carbocycles. The largest absolute Gasteiger partial charge is 0.480 e. The summed E-state index contributed by atoms with van der Waals surface area (Å²) in [5, 5.41) is 8.70. The molecule has 1 aliphatic heterocycles. The van der Waals surface area contributed by atoms with Gasteiger partial charge in [0.15, 0.2) is 0 Å². The minimum Gasteiger partial charge on any atom is -0.480 e. The molecule has 0 bridgehead atoms. The Labute approximate surface area is 81.5 Å². The summed E-state index contributed by atoms with van der Waals surface area (Å²) in [6.45, 7) is 0.414. The predicted molar refractivity (Wildman–Crippen MR) is 53.9 cm³/mol. The first-order valence-electron chi connectivity index (χ1n) is 4.33. The van der Waals surface area contributed by atoms with Crippen molar-refractivity contribution in [1.29, 1.82) is 0 Å². The molecule has 72 valence electrons. The highest BCUT2D eigenvalue weighted by Gasteiger charge is 2.15. The second-order valence-electron chi connectivity index (χ2n) is 3.10. The number of nitrogens with zero attached hydrogens (tertiary/aromatic N) is 2. The van der Waals surface area contributed by atoms with E-state index in [0.717, 1.165) is 11.3 Å². The third-order valence-electron chi connectivity index (χ3n) is 2.09. The number of carboxylic acid groups (broad SMARTS) is 1. The van der Waals surface area contributed by atoms with E-state index >= 15 is 0 Å². The second kappa shape index (κ2) is 3.49. The van der Waals surface area contributed by atoms with Gasteiger partial charge in [0, 0.05) is 17.5 Å². The van der Waals surface area contributed by atoms with Crippen LogP contribution in [0.4, 0.5) is 5.69 Å². The SMILES string of the molecule is O=C(O)CN1CN=Cc2ccccc21. The molecular weight excluding hydrogens is 180 g/mol. The molecule has 1 aromatic rings. The zero-order valence-corrected chi connectivity index (χ0v) is 7.55. The van der Waals surface area contributed by atoms with Gasteiger partial charge in [-0.1, -0.05) is 18.2 Å². The Bertz CT molecular complexity index is 387. The molecule has 0 fully saturated rings. The van der Waals surface area contributed by atoms with E-state index in [9.17, 15) is 4.79 Å². The van der Waals surface area contributed by atoms with E-state index in [1.807, 2.05) is 24.3 Å². The van der Waals surface area contributed by atoms with Crippen molar-refractivity contribution >= 4 is 17.9 Å². The Morgan fingerprint density at radius 3 is 3.07 bits per heavy atom. The fourth-order valence-corrected chi connectivity index (χ4v) is 1.50. The Hall–Kier alpha value is -1.84. The van der Waals surface area contributed by atoms with Gasteiger partial charge in [0.2, 0.25) is 0 Å². The van der Waals surface area contributed by atoms with Gasteiger partial charge in [0.1, 0.15) is 13.2 Å². The van der Waals surface area contributed by atoms with Crippen LogP contribution in [0.1, 0.15) is 5.56 Å². The second-order valence-corrected chi connectivity index (χ2v) is 3.10. The molecule has 0 radical (unpaired) electrons. The Morgan fingerprint density at radius 1 is 1.50 bits per heavy atom. The molecule has 0 aromatic heterocycles. The average Bonchev–Trinajstić information content (AvgIpc) is 2.18. The first-order valence-corrected chi connectivity index (χ1v) is 4.33. The van der Waals surface area contributed by atoms with Crippen molar-refractivity contribution in [2.45, 2.75) is 0 Å². The number of carboxylic acids is 1. The smallest absolute Gasteiger partial charge is 0.323 e. The van der Waals surface area contributed by atoms with Crippen LogP contribution >= 0.6 is 0 Å². The molecule has 14 heavy (non-hydrogen) atoms. The number of hydrogen-bond acceptors (Lipinski definition) is 3. The van der Waals surface area contributed by atoms with E-state index in [4.69, 9.17) is 5.11 Å². The quantitative estimate of drug-likeness (QED) is 0.755. The third kappa shape index (κ3) is 1.59. The molecule has 0 unspecified atom stereocenters. The van der Waals surface area contributed by atoms with E-state index in [0.29, 0.717) is 6.67 Å². The highest BCUT2D eigenvalue weighted by Crippen LogP contribution is 2.21. The van der Waals surface area contributed by atoms with Gasteiger partial charge < -0.3 is 10.0 Å². The number of benzene rings is 1. The van der Waals surface area contributed by atoms with E-state index < -0.39 is 5.97 Å². The van der Waals surface area contributed by atoms with Crippen LogP contribution in [0.15, 0.2) is 29.3 Å². The number of aliphatic carboxylic acids is 1. The van der Waals surface area contributed by atoms with E-state index in [1.54, 1.807) is 11.1 Å². The van der Waals surface area contributed by atoms with Crippen LogP contribution in [0.25, 0.3) is 0 Å². The van der Waals surface area contributed by atoms with Crippen molar-refractivity contribution in [3.63, 3.8) is 0 Å². The minimum atomic E-state index is -0.836. The van der Waals surface area contributed by atoms with Gasteiger partial charge in [-0.3, -0.25) is 9.79 Å². The number of anilines is 1. The van der Waals surface area contributed by atoms with E-state index in [1.165, 1.54) is 0 Å². The van der Waals surface area contributed by atoms with Gasteiger partial charge >= 0.3 is 5.97 Å². The summed E-state index contributed by atoms with van der Waals surface area (Å²) in [5.41, 5.74) is 1.91. The van der Waals surface area contributed by atoms with Crippen LogP contribution < -0.4 is 4.90 Å². The lowest BCUT2D eigenvalue weighted by Crippen LogP contribution is -2.32. The van der Waals surface area contributed by atoms with Crippen LogP contribution in [-0.2, 0) is 4.79 Å². The number of carbonyl (C=O) groups is 1. The molecule has 1 aromatic carbocycles. The van der Waals surface area contributed by atoms with Crippen molar-refractivity contribution in [2.24, 2.45) is 4.99 Å². The molecule has 0 amide bonds. The zero-order valence-electron chi connectivity index (χ0n) is 7.55. The van der Waals surface area contributed by atoms with Gasteiger partial charge in [-0.05, 0) is 6.07 Å². The lowest BCUT2D eigenvalue weighted by molar-refractivity contribution is -0.135. The van der Waals surface area contributed by atoms with Crippen LogP contribution in [-0.4, -0.2) is 30.5 Å². The predicted octanol–water partition coefficient (Wildman–Crippen LogP) is 0.968. The first kappa shape index (κ1) is 8.74. The number of aliphatic imine (C=N–C) groups is 1. The maximum Gasteiger partial charge on any atom is 0.323 e. The highest BCUT2D eigenvalue weighted by molar-refractivity contribution is 5.91. The molecule has 1 aliphatic rings. The zero-order chi connectivity index (χ0) is 9.97. The van der Waals surface area contributed by atoms with Crippen molar-refractivity contribution in [3.05, 3.63) is 29.8 Å². The van der Waals surface area contributed by atoms with Gasteiger partial charge in [-0.25, -0.2) is 0 Å². The standard InChI is InChI=1S/C10H10N2O2/c13-10(14)6-12-7-11-5-8-3-1-2-4-9(8)12/h1-5H,6-7H2,(H,13,14). The normalized spacial score (nSPS) is 13.9. The summed E-state index contributed by atoms with van der Waals surface area (Å²) in [4.78, 5) is 16.4. The number of hydrogen-bond donors (Lipinski definition) is 1. The maximum atomic E-state index is 10.6. The van der Waals surface area contributed by atoms with Crippen LogP contribution in [0, 0.1) is 0 Å². The fourth-order valence-electron chi connectivity index (χ4n) is 1.50.